The summed E-state index contributed by atoms with van der Waals surface area (Å²) in [5.41, 5.74) is 4.85. The predicted octanol–water partition coefficient (Wildman–Crippen LogP) is 4.03. The number of hydrogen-bond acceptors (Lipinski definition) is 3. The summed E-state index contributed by atoms with van der Waals surface area (Å²) in [4.78, 5) is 14.7. The van der Waals surface area contributed by atoms with Gasteiger partial charge in [-0.2, -0.15) is 0 Å². The van der Waals surface area contributed by atoms with Crippen molar-refractivity contribution in [2.75, 3.05) is 19.0 Å². The second-order valence-corrected chi connectivity index (χ2v) is 6.99. The van der Waals surface area contributed by atoms with Crippen molar-refractivity contribution in [3.63, 3.8) is 0 Å². The Morgan fingerprint density at radius 2 is 1.88 bits per heavy atom. The van der Waals surface area contributed by atoms with Crippen LogP contribution in [0.2, 0.25) is 0 Å². The number of aryl methyl sites for hydroxylation is 2. The first-order valence-corrected chi connectivity index (χ1v) is 9.41. The van der Waals surface area contributed by atoms with Crippen molar-refractivity contribution in [1.82, 2.24) is 4.90 Å². The molecule has 0 unspecified atom stereocenters. The van der Waals surface area contributed by atoms with Crippen molar-refractivity contribution in [1.29, 1.82) is 0 Å². The number of carbonyl (C=O) groups excluding carboxylic acids is 1. The number of fused-ring (bicyclic) bond motifs is 1. The van der Waals surface area contributed by atoms with Gasteiger partial charge in [0, 0.05) is 12.2 Å². The van der Waals surface area contributed by atoms with Gasteiger partial charge < -0.3 is 10.1 Å². The number of likely N-dealkylation sites (N-methyl/N-ethyl adjacent to an activating group) is 1. The van der Waals surface area contributed by atoms with Gasteiger partial charge in [0.2, 0.25) is 5.91 Å². The van der Waals surface area contributed by atoms with E-state index in [0.717, 1.165) is 29.8 Å². The van der Waals surface area contributed by atoms with E-state index in [9.17, 15) is 4.79 Å². The van der Waals surface area contributed by atoms with Crippen molar-refractivity contribution in [3.8, 4) is 5.75 Å². The molecule has 138 valence electrons. The van der Waals surface area contributed by atoms with Gasteiger partial charge in [0.15, 0.2) is 0 Å². The zero-order valence-corrected chi connectivity index (χ0v) is 15.9. The maximum absolute atomic E-state index is 12.6. The van der Waals surface area contributed by atoms with Gasteiger partial charge in [0.05, 0.1) is 12.6 Å². The fourth-order valence-corrected chi connectivity index (χ4v) is 3.38. The molecule has 0 saturated carbocycles. The summed E-state index contributed by atoms with van der Waals surface area (Å²) in [5.74, 6) is 0.901. The van der Waals surface area contributed by atoms with E-state index in [2.05, 4.69) is 22.3 Å². The molecule has 3 rings (SSSR count). The van der Waals surface area contributed by atoms with Crippen LogP contribution < -0.4 is 10.1 Å². The number of hydrogen-bond donors (Lipinski definition) is 1. The number of benzene rings is 2. The Bertz CT molecular complexity index is 755. The summed E-state index contributed by atoms with van der Waals surface area (Å²) < 4.78 is 5.47. The normalized spacial score (nSPS) is 14.2. The van der Waals surface area contributed by atoms with Crippen molar-refractivity contribution >= 4 is 11.6 Å². The third-order valence-electron chi connectivity index (χ3n) is 5.07. The second kappa shape index (κ2) is 8.37. The monoisotopic (exact) mass is 352 g/mol. The highest BCUT2D eigenvalue weighted by atomic mass is 16.5. The van der Waals surface area contributed by atoms with E-state index in [1.807, 2.05) is 51.2 Å². The number of nitrogens with one attached hydrogen (secondary N) is 1. The van der Waals surface area contributed by atoms with Gasteiger partial charge in [-0.1, -0.05) is 18.2 Å². The number of rotatable bonds is 7. The van der Waals surface area contributed by atoms with Crippen LogP contribution >= 0.6 is 0 Å². The molecule has 0 fully saturated rings. The van der Waals surface area contributed by atoms with Gasteiger partial charge in [-0.3, -0.25) is 9.69 Å². The Hall–Kier alpha value is -2.33. The molecule has 2 aromatic rings. The van der Waals surface area contributed by atoms with Crippen LogP contribution in [-0.4, -0.2) is 30.5 Å². The van der Waals surface area contributed by atoms with Gasteiger partial charge >= 0.3 is 0 Å². The average Bonchev–Trinajstić information content (AvgIpc) is 3.10. The van der Waals surface area contributed by atoms with Crippen LogP contribution in [0.1, 0.15) is 37.0 Å². The minimum Gasteiger partial charge on any atom is -0.494 e. The topological polar surface area (TPSA) is 41.6 Å². The molecule has 1 aliphatic rings. The molecule has 0 spiro atoms. The van der Waals surface area contributed by atoms with Crippen LogP contribution in [-0.2, 0) is 24.2 Å². The van der Waals surface area contributed by atoms with Crippen LogP contribution in [0, 0.1) is 0 Å². The highest BCUT2D eigenvalue weighted by molar-refractivity contribution is 5.94. The molecular formula is C22H28N2O2. The van der Waals surface area contributed by atoms with E-state index < -0.39 is 0 Å². The first kappa shape index (κ1) is 18.5. The molecule has 26 heavy (non-hydrogen) atoms. The number of carbonyl (C=O) groups is 1. The molecule has 0 saturated heterocycles. The number of amides is 1. The molecule has 2 aromatic carbocycles. The van der Waals surface area contributed by atoms with E-state index >= 15 is 0 Å². The van der Waals surface area contributed by atoms with E-state index in [1.165, 1.54) is 17.5 Å². The zero-order valence-electron chi connectivity index (χ0n) is 15.9. The minimum atomic E-state index is -0.213. The molecule has 1 amide bonds. The Balaban J connectivity index is 1.57. The fraction of sp³-hybridized carbons (Fsp3) is 0.409. The molecule has 1 atom stereocenters. The van der Waals surface area contributed by atoms with Crippen LogP contribution in [0.5, 0.6) is 5.75 Å². The molecule has 0 heterocycles. The summed E-state index contributed by atoms with van der Waals surface area (Å²) in [6.45, 7) is 5.30. The van der Waals surface area contributed by atoms with E-state index in [0.29, 0.717) is 13.2 Å². The van der Waals surface area contributed by atoms with Gasteiger partial charge in [-0.15, -0.1) is 0 Å². The molecule has 4 heteroatoms. The minimum absolute atomic E-state index is 0.0244. The highest BCUT2D eigenvalue weighted by Crippen LogP contribution is 2.25. The molecular weight excluding hydrogens is 324 g/mol. The van der Waals surface area contributed by atoms with Crippen molar-refractivity contribution in [3.05, 3.63) is 59.2 Å². The van der Waals surface area contributed by atoms with E-state index in [4.69, 9.17) is 4.74 Å². The molecule has 1 aliphatic carbocycles. The van der Waals surface area contributed by atoms with E-state index in [-0.39, 0.29) is 11.9 Å². The lowest BCUT2D eigenvalue weighted by Crippen LogP contribution is -2.39. The van der Waals surface area contributed by atoms with Crippen LogP contribution in [0.4, 0.5) is 5.69 Å². The number of ether oxygens (including phenoxy) is 1. The Morgan fingerprint density at radius 3 is 2.62 bits per heavy atom. The predicted molar refractivity (Wildman–Crippen MR) is 106 cm³/mol. The lowest BCUT2D eigenvalue weighted by molar-refractivity contribution is -0.120. The van der Waals surface area contributed by atoms with Crippen molar-refractivity contribution < 1.29 is 9.53 Å². The lowest BCUT2D eigenvalue weighted by atomic mass is 10.1. The average molecular weight is 352 g/mol. The molecule has 0 radical (unpaired) electrons. The largest absolute Gasteiger partial charge is 0.494 e. The quantitative estimate of drug-likeness (QED) is 0.818. The molecule has 0 bridgehead atoms. The second-order valence-electron chi connectivity index (χ2n) is 6.99. The Morgan fingerprint density at radius 1 is 1.15 bits per heavy atom. The van der Waals surface area contributed by atoms with Crippen molar-refractivity contribution in [2.45, 2.75) is 45.7 Å². The fourth-order valence-electron chi connectivity index (χ4n) is 3.38. The summed E-state index contributed by atoms with van der Waals surface area (Å²) in [6, 6.07) is 14.1. The van der Waals surface area contributed by atoms with Gasteiger partial charge in [0.25, 0.3) is 0 Å². The van der Waals surface area contributed by atoms with E-state index in [1.54, 1.807) is 0 Å². The Kier molecular flexibility index (Phi) is 5.94. The summed E-state index contributed by atoms with van der Waals surface area (Å²) in [5, 5.41) is 3.06. The molecule has 0 aromatic heterocycles. The number of nitrogens with zero attached hydrogens (tertiary/aromatic N) is 1. The first-order valence-electron chi connectivity index (χ1n) is 9.41. The SMILES string of the molecule is CCOc1ccc(CN(C)[C@@H](C)C(=O)Nc2ccc3c(c2)CCC3)cc1. The highest BCUT2D eigenvalue weighted by Gasteiger charge is 2.19. The first-order chi connectivity index (χ1) is 12.6. The smallest absolute Gasteiger partial charge is 0.241 e. The third-order valence-corrected chi connectivity index (χ3v) is 5.07. The van der Waals surface area contributed by atoms with Gasteiger partial charge in [-0.25, -0.2) is 0 Å². The van der Waals surface area contributed by atoms with Gasteiger partial charge in [-0.05, 0) is 81.1 Å². The maximum atomic E-state index is 12.6. The van der Waals surface area contributed by atoms with Crippen LogP contribution in [0.3, 0.4) is 0 Å². The molecule has 1 N–H and O–H groups in total. The lowest BCUT2D eigenvalue weighted by Gasteiger charge is -2.24. The summed E-state index contributed by atoms with van der Waals surface area (Å²) in [7, 11) is 1.98. The maximum Gasteiger partial charge on any atom is 0.241 e. The van der Waals surface area contributed by atoms with Crippen LogP contribution in [0.25, 0.3) is 0 Å². The Labute approximate surface area is 156 Å². The van der Waals surface area contributed by atoms with Gasteiger partial charge in [0.1, 0.15) is 5.75 Å². The third kappa shape index (κ3) is 4.44. The number of anilines is 1. The zero-order chi connectivity index (χ0) is 18.5. The molecule has 4 nitrogen and oxygen atoms in total. The van der Waals surface area contributed by atoms with Crippen LogP contribution in [0.15, 0.2) is 42.5 Å². The van der Waals surface area contributed by atoms with Crippen molar-refractivity contribution in [2.24, 2.45) is 0 Å². The molecule has 0 aliphatic heterocycles. The summed E-state index contributed by atoms with van der Waals surface area (Å²) >= 11 is 0. The summed E-state index contributed by atoms with van der Waals surface area (Å²) in [6.07, 6.45) is 3.49. The standard InChI is InChI=1S/C22H28N2O2/c1-4-26-21-12-8-17(9-13-21)15-24(3)16(2)22(25)23-20-11-10-18-6-5-7-19(18)14-20/h8-14,16H,4-7,15H2,1-3H3,(H,23,25)/t16-/m0/s1.